The summed E-state index contributed by atoms with van der Waals surface area (Å²) >= 11 is 3.48. The number of hydrogen-bond donors (Lipinski definition) is 0. The van der Waals surface area contributed by atoms with Crippen molar-refractivity contribution in [2.75, 3.05) is 12.4 Å². The van der Waals surface area contributed by atoms with Gasteiger partial charge >= 0.3 is 5.97 Å². The Morgan fingerprint density at radius 1 is 1.35 bits per heavy atom. The lowest BCUT2D eigenvalue weighted by atomic mass is 10.0. The second-order valence-electron chi connectivity index (χ2n) is 4.12. The van der Waals surface area contributed by atoms with Crippen LogP contribution in [-0.2, 0) is 4.74 Å². The average Bonchev–Trinajstić information content (AvgIpc) is 2.35. The van der Waals surface area contributed by atoms with E-state index < -0.39 is 0 Å². The summed E-state index contributed by atoms with van der Waals surface area (Å²) in [5.41, 5.74) is 3.01. The fourth-order valence-corrected chi connectivity index (χ4v) is 2.22. The molecule has 0 saturated carbocycles. The van der Waals surface area contributed by atoms with Gasteiger partial charge in [0, 0.05) is 5.33 Å². The molecule has 2 nitrogen and oxygen atoms in total. The third-order valence-corrected chi connectivity index (χ3v) is 3.23. The smallest absolute Gasteiger partial charge is 0.337 e. The van der Waals surface area contributed by atoms with Gasteiger partial charge < -0.3 is 4.74 Å². The first kappa shape index (κ1) is 14.0. The molecule has 0 spiro atoms. The van der Waals surface area contributed by atoms with Crippen LogP contribution in [0.15, 0.2) is 29.8 Å². The number of alkyl halides is 1. The third-order valence-electron chi connectivity index (χ3n) is 2.58. The van der Waals surface area contributed by atoms with Crippen LogP contribution in [0.1, 0.15) is 29.8 Å². The maximum absolute atomic E-state index is 11.3. The van der Waals surface area contributed by atoms with E-state index in [4.69, 9.17) is 0 Å². The first-order chi connectivity index (χ1) is 8.08. The van der Waals surface area contributed by atoms with E-state index >= 15 is 0 Å². The Morgan fingerprint density at radius 2 is 1.94 bits per heavy atom. The van der Waals surface area contributed by atoms with E-state index in [9.17, 15) is 4.79 Å². The second kappa shape index (κ2) is 6.60. The molecule has 0 radical (unpaired) electrons. The van der Waals surface area contributed by atoms with Crippen molar-refractivity contribution in [1.29, 1.82) is 0 Å². The molecule has 0 aliphatic heterocycles. The first-order valence-electron chi connectivity index (χ1n) is 5.53. The summed E-state index contributed by atoms with van der Waals surface area (Å²) in [6.45, 7) is 4.33. The van der Waals surface area contributed by atoms with Gasteiger partial charge in [0.2, 0.25) is 0 Å². The largest absolute Gasteiger partial charge is 0.465 e. The summed E-state index contributed by atoms with van der Waals surface area (Å²) in [6, 6.07) is 7.42. The van der Waals surface area contributed by atoms with Crippen LogP contribution in [0.4, 0.5) is 0 Å². The van der Waals surface area contributed by atoms with Gasteiger partial charge in [-0.2, -0.15) is 0 Å². The van der Waals surface area contributed by atoms with Crippen LogP contribution in [-0.4, -0.2) is 18.4 Å². The number of benzene rings is 1. The summed E-state index contributed by atoms with van der Waals surface area (Å²) in [5.74, 6) is 0.208. The molecule has 0 unspecified atom stereocenters. The zero-order valence-corrected chi connectivity index (χ0v) is 12.0. The number of esters is 1. The molecule has 0 saturated heterocycles. The Hall–Kier alpha value is -1.09. The Balaban J connectivity index is 2.91. The second-order valence-corrected chi connectivity index (χ2v) is 4.68. The van der Waals surface area contributed by atoms with E-state index in [1.165, 1.54) is 12.7 Å². The molecule has 92 valence electrons. The highest BCUT2D eigenvalue weighted by atomic mass is 79.9. The lowest BCUT2D eigenvalue weighted by Gasteiger charge is -2.08. The Morgan fingerprint density at radius 3 is 2.35 bits per heavy atom. The highest BCUT2D eigenvalue weighted by molar-refractivity contribution is 9.09. The molecule has 1 aromatic carbocycles. The summed E-state index contributed by atoms with van der Waals surface area (Å²) in [4.78, 5) is 11.3. The zero-order chi connectivity index (χ0) is 12.8. The van der Waals surface area contributed by atoms with Crippen molar-refractivity contribution in [2.45, 2.75) is 13.8 Å². The predicted octanol–water partition coefficient (Wildman–Crippen LogP) is 3.91. The fourth-order valence-electron chi connectivity index (χ4n) is 1.41. The van der Waals surface area contributed by atoms with Gasteiger partial charge in [0.15, 0.2) is 0 Å². The lowest BCUT2D eigenvalue weighted by molar-refractivity contribution is 0.0601. The molecule has 0 aliphatic carbocycles. The Bertz CT molecular complexity index is 405. The third kappa shape index (κ3) is 4.00. The van der Waals surface area contributed by atoms with Crippen molar-refractivity contribution >= 4 is 28.0 Å². The molecule has 0 atom stereocenters. The number of allylic oxidation sites excluding steroid dienone is 1. The molecule has 3 heteroatoms. The van der Waals surface area contributed by atoms with Crippen LogP contribution in [0.25, 0.3) is 6.08 Å². The Kier molecular flexibility index (Phi) is 5.42. The normalized spacial score (nSPS) is 11.7. The van der Waals surface area contributed by atoms with E-state index in [0.717, 1.165) is 10.9 Å². The van der Waals surface area contributed by atoms with Crippen molar-refractivity contribution in [3.63, 3.8) is 0 Å². The number of halogens is 1. The van der Waals surface area contributed by atoms with Gasteiger partial charge in [0.05, 0.1) is 12.7 Å². The van der Waals surface area contributed by atoms with Crippen molar-refractivity contribution < 1.29 is 9.53 Å². The summed E-state index contributed by atoms with van der Waals surface area (Å²) < 4.78 is 4.65. The zero-order valence-electron chi connectivity index (χ0n) is 10.4. The molecule has 0 bridgehead atoms. The molecule has 1 aromatic rings. The SMILES string of the molecule is COC(=O)c1ccc(C=C(CBr)C(C)C)cc1. The maximum Gasteiger partial charge on any atom is 0.337 e. The number of methoxy groups -OCH3 is 1. The lowest BCUT2D eigenvalue weighted by Crippen LogP contribution is -2.00. The van der Waals surface area contributed by atoms with Gasteiger partial charge in [-0.1, -0.05) is 53.6 Å². The quantitative estimate of drug-likeness (QED) is 0.622. The van der Waals surface area contributed by atoms with E-state index in [0.29, 0.717) is 11.5 Å². The number of rotatable bonds is 4. The predicted molar refractivity (Wildman–Crippen MR) is 74.4 cm³/mol. The fraction of sp³-hybridized carbons (Fsp3) is 0.357. The van der Waals surface area contributed by atoms with E-state index in [1.807, 2.05) is 12.1 Å². The minimum absolute atomic E-state index is 0.301. The molecule has 0 amide bonds. The van der Waals surface area contributed by atoms with Gasteiger partial charge in [0.1, 0.15) is 0 Å². The van der Waals surface area contributed by atoms with Gasteiger partial charge in [-0.15, -0.1) is 0 Å². The van der Waals surface area contributed by atoms with Gasteiger partial charge in [0.25, 0.3) is 0 Å². The maximum atomic E-state index is 11.3. The van der Waals surface area contributed by atoms with Crippen LogP contribution >= 0.6 is 15.9 Å². The molecular formula is C14H17BrO2. The molecule has 0 heterocycles. The molecule has 0 N–H and O–H groups in total. The molecule has 17 heavy (non-hydrogen) atoms. The highest BCUT2D eigenvalue weighted by Gasteiger charge is 2.05. The highest BCUT2D eigenvalue weighted by Crippen LogP contribution is 2.17. The standard InChI is InChI=1S/C14H17BrO2/c1-10(2)13(9-15)8-11-4-6-12(7-5-11)14(16)17-3/h4-8,10H,9H2,1-3H3. The summed E-state index contributed by atoms with van der Waals surface area (Å²) in [6.07, 6.45) is 2.14. The van der Waals surface area contributed by atoms with Crippen LogP contribution in [0.5, 0.6) is 0 Å². The number of hydrogen-bond acceptors (Lipinski definition) is 2. The van der Waals surface area contributed by atoms with Gasteiger partial charge in [-0.25, -0.2) is 4.79 Å². The summed E-state index contributed by atoms with van der Waals surface area (Å²) in [7, 11) is 1.39. The van der Waals surface area contributed by atoms with Crippen molar-refractivity contribution in [1.82, 2.24) is 0 Å². The van der Waals surface area contributed by atoms with Crippen molar-refractivity contribution in [3.8, 4) is 0 Å². The van der Waals surface area contributed by atoms with E-state index in [-0.39, 0.29) is 5.97 Å². The Labute approximate surface area is 111 Å². The number of carbonyl (C=O) groups excluding carboxylic acids is 1. The van der Waals surface area contributed by atoms with Crippen LogP contribution < -0.4 is 0 Å². The van der Waals surface area contributed by atoms with E-state index in [2.05, 4.69) is 40.6 Å². The molecule has 0 fully saturated rings. The minimum Gasteiger partial charge on any atom is -0.465 e. The molecule has 0 aromatic heterocycles. The average molecular weight is 297 g/mol. The van der Waals surface area contributed by atoms with Crippen LogP contribution in [0.2, 0.25) is 0 Å². The number of carbonyl (C=O) groups is 1. The van der Waals surface area contributed by atoms with Gasteiger partial charge in [-0.05, 0) is 23.6 Å². The van der Waals surface area contributed by atoms with Crippen molar-refractivity contribution in [2.24, 2.45) is 5.92 Å². The topological polar surface area (TPSA) is 26.3 Å². The molecule has 1 rings (SSSR count). The molecular weight excluding hydrogens is 280 g/mol. The monoisotopic (exact) mass is 296 g/mol. The number of ether oxygens (including phenoxy) is 1. The summed E-state index contributed by atoms with van der Waals surface area (Å²) in [5, 5.41) is 0.865. The van der Waals surface area contributed by atoms with E-state index in [1.54, 1.807) is 12.1 Å². The van der Waals surface area contributed by atoms with Crippen molar-refractivity contribution in [3.05, 3.63) is 41.0 Å². The first-order valence-corrected chi connectivity index (χ1v) is 6.65. The minimum atomic E-state index is -0.301. The van der Waals surface area contributed by atoms with Crippen LogP contribution in [0, 0.1) is 5.92 Å². The van der Waals surface area contributed by atoms with Gasteiger partial charge in [-0.3, -0.25) is 0 Å². The van der Waals surface area contributed by atoms with Crippen LogP contribution in [0.3, 0.4) is 0 Å². The molecule has 0 aliphatic rings.